The van der Waals surface area contributed by atoms with Crippen LogP contribution in [0, 0.1) is 0 Å². The van der Waals surface area contributed by atoms with Crippen LogP contribution in [0.1, 0.15) is 24.8 Å². The van der Waals surface area contributed by atoms with E-state index in [1.807, 2.05) is 24.3 Å². The lowest BCUT2D eigenvalue weighted by Crippen LogP contribution is -2.53. The first kappa shape index (κ1) is 16.0. The highest BCUT2D eigenvalue weighted by molar-refractivity contribution is 9.10. The summed E-state index contributed by atoms with van der Waals surface area (Å²) in [6, 6.07) is 7.50. The molecule has 0 saturated carbocycles. The molecule has 0 aliphatic carbocycles. The predicted octanol–water partition coefficient (Wildman–Crippen LogP) is 2.13. The SMILES string of the molecule is O=C(O)CC1(NC(=O)Cc2ccc(Br)cc2)CCOCC1. The lowest BCUT2D eigenvalue weighted by molar-refractivity contribution is -0.140. The Balaban J connectivity index is 2.00. The van der Waals surface area contributed by atoms with E-state index < -0.39 is 11.5 Å². The Labute approximate surface area is 131 Å². The second-order valence-electron chi connectivity index (χ2n) is 5.31. The van der Waals surface area contributed by atoms with Gasteiger partial charge in [-0.05, 0) is 30.5 Å². The van der Waals surface area contributed by atoms with Crippen LogP contribution >= 0.6 is 15.9 Å². The summed E-state index contributed by atoms with van der Waals surface area (Å²) in [5.41, 5.74) is 0.213. The third-order valence-electron chi connectivity index (χ3n) is 3.62. The van der Waals surface area contributed by atoms with Crippen molar-refractivity contribution in [2.24, 2.45) is 0 Å². The molecule has 0 spiro atoms. The molecular weight excluding hydrogens is 338 g/mol. The molecule has 114 valence electrons. The summed E-state index contributed by atoms with van der Waals surface area (Å²) in [7, 11) is 0. The van der Waals surface area contributed by atoms with Gasteiger partial charge in [-0.25, -0.2) is 0 Å². The van der Waals surface area contributed by atoms with Crippen molar-refractivity contribution < 1.29 is 19.4 Å². The molecule has 2 rings (SSSR count). The lowest BCUT2D eigenvalue weighted by Gasteiger charge is -2.36. The molecule has 1 saturated heterocycles. The average molecular weight is 356 g/mol. The molecule has 2 N–H and O–H groups in total. The maximum atomic E-state index is 12.2. The van der Waals surface area contributed by atoms with E-state index in [-0.39, 0.29) is 18.7 Å². The molecule has 0 radical (unpaired) electrons. The van der Waals surface area contributed by atoms with E-state index in [0.717, 1.165) is 10.0 Å². The van der Waals surface area contributed by atoms with Crippen LogP contribution < -0.4 is 5.32 Å². The number of benzene rings is 1. The van der Waals surface area contributed by atoms with Crippen molar-refractivity contribution in [2.75, 3.05) is 13.2 Å². The summed E-state index contributed by atoms with van der Waals surface area (Å²) >= 11 is 3.35. The van der Waals surface area contributed by atoms with Crippen molar-refractivity contribution in [1.29, 1.82) is 0 Å². The van der Waals surface area contributed by atoms with Gasteiger partial charge in [0.05, 0.1) is 18.4 Å². The molecule has 5 nitrogen and oxygen atoms in total. The molecular formula is C15H18BrNO4. The van der Waals surface area contributed by atoms with E-state index in [4.69, 9.17) is 9.84 Å². The monoisotopic (exact) mass is 355 g/mol. The molecule has 0 unspecified atom stereocenters. The number of hydrogen-bond donors (Lipinski definition) is 2. The zero-order valence-electron chi connectivity index (χ0n) is 11.6. The fourth-order valence-electron chi connectivity index (χ4n) is 2.53. The van der Waals surface area contributed by atoms with Crippen LogP contribution in [0.4, 0.5) is 0 Å². The molecule has 1 fully saturated rings. The van der Waals surface area contributed by atoms with E-state index in [1.165, 1.54) is 0 Å². The van der Waals surface area contributed by atoms with E-state index in [2.05, 4.69) is 21.2 Å². The van der Waals surface area contributed by atoms with Gasteiger partial charge in [0.1, 0.15) is 0 Å². The number of amides is 1. The number of ether oxygens (including phenoxy) is 1. The number of halogens is 1. The van der Waals surface area contributed by atoms with Crippen LogP contribution in [0.2, 0.25) is 0 Å². The van der Waals surface area contributed by atoms with Gasteiger partial charge in [-0.15, -0.1) is 0 Å². The van der Waals surface area contributed by atoms with Crippen LogP contribution in [0.5, 0.6) is 0 Å². The second-order valence-corrected chi connectivity index (χ2v) is 6.23. The van der Waals surface area contributed by atoms with E-state index in [0.29, 0.717) is 26.1 Å². The third kappa shape index (κ3) is 4.82. The minimum atomic E-state index is -0.902. The summed E-state index contributed by atoms with van der Waals surface area (Å²) in [4.78, 5) is 23.2. The molecule has 1 aromatic rings. The predicted molar refractivity (Wildman–Crippen MR) is 81.0 cm³/mol. The summed E-state index contributed by atoms with van der Waals surface area (Å²) < 4.78 is 6.23. The Bertz CT molecular complexity index is 509. The number of aliphatic carboxylic acids is 1. The number of carbonyl (C=O) groups is 2. The van der Waals surface area contributed by atoms with Gasteiger partial charge in [-0.3, -0.25) is 9.59 Å². The number of carbonyl (C=O) groups excluding carboxylic acids is 1. The van der Waals surface area contributed by atoms with Crippen molar-refractivity contribution in [3.8, 4) is 0 Å². The largest absolute Gasteiger partial charge is 0.481 e. The topological polar surface area (TPSA) is 75.6 Å². The van der Waals surface area contributed by atoms with Crippen LogP contribution in [-0.4, -0.2) is 35.7 Å². The van der Waals surface area contributed by atoms with Crippen molar-refractivity contribution >= 4 is 27.8 Å². The summed E-state index contributed by atoms with van der Waals surface area (Å²) in [5, 5.41) is 12.0. The van der Waals surface area contributed by atoms with Crippen LogP contribution in [0.25, 0.3) is 0 Å². The van der Waals surface area contributed by atoms with Crippen LogP contribution in [-0.2, 0) is 20.7 Å². The Morgan fingerprint density at radius 2 is 1.86 bits per heavy atom. The molecule has 0 aromatic heterocycles. The zero-order valence-corrected chi connectivity index (χ0v) is 13.2. The Hall–Kier alpha value is -1.40. The molecule has 1 amide bonds. The molecule has 0 atom stereocenters. The normalized spacial score (nSPS) is 17.2. The first-order chi connectivity index (χ1) is 9.99. The Morgan fingerprint density at radius 1 is 1.24 bits per heavy atom. The highest BCUT2D eigenvalue weighted by Gasteiger charge is 2.36. The zero-order chi connectivity index (χ0) is 15.3. The fourth-order valence-corrected chi connectivity index (χ4v) is 2.79. The summed E-state index contributed by atoms with van der Waals surface area (Å²) in [6.45, 7) is 0.956. The minimum absolute atomic E-state index is 0.0670. The van der Waals surface area contributed by atoms with Gasteiger partial charge in [0.15, 0.2) is 0 Å². The lowest BCUT2D eigenvalue weighted by atomic mass is 9.86. The van der Waals surface area contributed by atoms with E-state index >= 15 is 0 Å². The molecule has 6 heteroatoms. The smallest absolute Gasteiger partial charge is 0.305 e. The average Bonchev–Trinajstić information content (AvgIpc) is 2.41. The first-order valence-electron chi connectivity index (χ1n) is 6.84. The maximum absolute atomic E-state index is 12.2. The first-order valence-corrected chi connectivity index (χ1v) is 7.63. The maximum Gasteiger partial charge on any atom is 0.305 e. The third-order valence-corrected chi connectivity index (χ3v) is 4.15. The molecule has 1 aromatic carbocycles. The van der Waals surface area contributed by atoms with Gasteiger partial charge in [0.2, 0.25) is 5.91 Å². The highest BCUT2D eigenvalue weighted by atomic mass is 79.9. The van der Waals surface area contributed by atoms with Gasteiger partial charge in [-0.1, -0.05) is 28.1 Å². The molecule has 1 heterocycles. The van der Waals surface area contributed by atoms with Gasteiger partial charge in [0, 0.05) is 17.7 Å². The van der Waals surface area contributed by atoms with Crippen LogP contribution in [0.15, 0.2) is 28.7 Å². The van der Waals surface area contributed by atoms with Gasteiger partial charge < -0.3 is 15.2 Å². The molecule has 0 bridgehead atoms. The number of carboxylic acids is 1. The Kier molecular flexibility index (Phi) is 5.36. The van der Waals surface area contributed by atoms with Gasteiger partial charge >= 0.3 is 5.97 Å². The van der Waals surface area contributed by atoms with Crippen LogP contribution in [0.3, 0.4) is 0 Å². The summed E-state index contributed by atoms with van der Waals surface area (Å²) in [6.07, 6.45) is 1.24. The molecule has 1 aliphatic rings. The standard InChI is InChI=1S/C15H18BrNO4/c16-12-3-1-11(2-4-12)9-13(18)17-15(10-14(19)20)5-7-21-8-6-15/h1-4H,5-10H2,(H,17,18)(H,19,20). The number of hydrogen-bond acceptors (Lipinski definition) is 3. The Morgan fingerprint density at radius 3 is 2.43 bits per heavy atom. The summed E-state index contributed by atoms with van der Waals surface area (Å²) in [5.74, 6) is -1.05. The molecule has 21 heavy (non-hydrogen) atoms. The quantitative estimate of drug-likeness (QED) is 0.848. The fraction of sp³-hybridized carbons (Fsp3) is 0.467. The molecule has 1 aliphatic heterocycles. The van der Waals surface area contributed by atoms with E-state index in [1.54, 1.807) is 0 Å². The van der Waals surface area contributed by atoms with Crippen molar-refractivity contribution in [3.63, 3.8) is 0 Å². The number of nitrogens with one attached hydrogen (secondary N) is 1. The van der Waals surface area contributed by atoms with Crippen molar-refractivity contribution in [1.82, 2.24) is 5.32 Å². The highest BCUT2D eigenvalue weighted by Crippen LogP contribution is 2.25. The number of carboxylic acid groups (broad SMARTS) is 1. The second kappa shape index (κ2) is 7.04. The minimum Gasteiger partial charge on any atom is -0.481 e. The number of rotatable bonds is 5. The van der Waals surface area contributed by atoms with Gasteiger partial charge in [0.25, 0.3) is 0 Å². The van der Waals surface area contributed by atoms with Crippen molar-refractivity contribution in [2.45, 2.75) is 31.2 Å². The van der Waals surface area contributed by atoms with Gasteiger partial charge in [-0.2, -0.15) is 0 Å². The van der Waals surface area contributed by atoms with E-state index in [9.17, 15) is 9.59 Å². The van der Waals surface area contributed by atoms with Crippen molar-refractivity contribution in [3.05, 3.63) is 34.3 Å².